The van der Waals surface area contributed by atoms with Crippen LogP contribution in [0, 0.1) is 0 Å². The standard InChI is InChI=1S/C12H22O11.C3H8O3.C2H6O/c13-1-4-6(16)8(18)9(19)11(21-4)23-12(3-15)10(20)7(17)5(2-14)22-12;4-1-3(6)2-5;1-2-3/h4-11,13-20H,1-3H2;3-6H,1-2H2;3H,2H2,1H3/t4-,5-,6-,7-,8+,9-,10+,11-,12+;;/m1../s1. The van der Waals surface area contributed by atoms with Crippen LogP contribution in [-0.4, -0.2) is 162 Å². The van der Waals surface area contributed by atoms with Crippen molar-refractivity contribution in [2.75, 3.05) is 39.6 Å². The van der Waals surface area contributed by atoms with E-state index in [9.17, 15) is 30.6 Å². The van der Waals surface area contributed by atoms with Crippen LogP contribution >= 0.6 is 0 Å². The summed E-state index contributed by atoms with van der Waals surface area (Å²) in [5.74, 6) is -2.22. The summed E-state index contributed by atoms with van der Waals surface area (Å²) >= 11 is 0. The minimum atomic E-state index is -2.22. The van der Waals surface area contributed by atoms with Crippen LogP contribution < -0.4 is 0 Å². The molecule has 0 aromatic rings. The zero-order valence-corrected chi connectivity index (χ0v) is 17.5. The van der Waals surface area contributed by atoms with Crippen LogP contribution in [0.4, 0.5) is 0 Å². The third-order valence-electron chi connectivity index (χ3n) is 4.49. The minimum absolute atomic E-state index is 0.250. The van der Waals surface area contributed by atoms with E-state index in [1.54, 1.807) is 6.92 Å². The smallest absolute Gasteiger partial charge is 0.224 e. The van der Waals surface area contributed by atoms with Crippen molar-refractivity contribution in [2.45, 2.75) is 67.8 Å². The molecule has 0 amide bonds. The van der Waals surface area contributed by atoms with E-state index >= 15 is 0 Å². The van der Waals surface area contributed by atoms with Gasteiger partial charge < -0.3 is 75.5 Å². The first kappa shape index (κ1) is 31.4. The highest BCUT2D eigenvalue weighted by Gasteiger charge is 2.58. The van der Waals surface area contributed by atoms with E-state index in [-0.39, 0.29) is 19.8 Å². The number of aliphatic hydroxyl groups is 12. The van der Waals surface area contributed by atoms with E-state index < -0.39 is 80.7 Å². The van der Waals surface area contributed by atoms with Crippen LogP contribution in [0.1, 0.15) is 6.92 Å². The molecule has 0 radical (unpaired) electrons. The van der Waals surface area contributed by atoms with Gasteiger partial charge in [-0.2, -0.15) is 0 Å². The van der Waals surface area contributed by atoms with Gasteiger partial charge in [0.05, 0.1) is 26.4 Å². The lowest BCUT2D eigenvalue weighted by molar-refractivity contribution is -0.383. The Bertz CT molecular complexity index is 479. The van der Waals surface area contributed by atoms with Crippen molar-refractivity contribution < 1.29 is 75.5 Å². The van der Waals surface area contributed by atoms with Crippen molar-refractivity contribution in [1.82, 2.24) is 0 Å². The molecule has 32 heavy (non-hydrogen) atoms. The first-order valence-electron chi connectivity index (χ1n) is 9.78. The summed E-state index contributed by atoms with van der Waals surface area (Å²) in [7, 11) is 0. The molecular weight excluding hydrogens is 444 g/mol. The summed E-state index contributed by atoms with van der Waals surface area (Å²) in [5, 5.41) is 108. The molecule has 12 N–H and O–H groups in total. The van der Waals surface area contributed by atoms with Crippen molar-refractivity contribution in [3.63, 3.8) is 0 Å². The van der Waals surface area contributed by atoms with Gasteiger partial charge in [-0.15, -0.1) is 0 Å². The lowest BCUT2D eigenvalue weighted by Gasteiger charge is -2.43. The molecular formula is C17H36O15. The van der Waals surface area contributed by atoms with Crippen LogP contribution in [-0.2, 0) is 14.2 Å². The molecule has 2 heterocycles. The average molecular weight is 480 g/mol. The molecule has 0 bridgehead atoms. The average Bonchev–Trinajstić information content (AvgIpc) is 3.04. The Morgan fingerprint density at radius 1 is 0.781 bits per heavy atom. The van der Waals surface area contributed by atoms with E-state index in [0.29, 0.717) is 0 Å². The minimum Gasteiger partial charge on any atom is -0.397 e. The molecule has 0 aromatic carbocycles. The molecule has 0 aliphatic carbocycles. The first-order chi connectivity index (χ1) is 15.0. The second-order valence-electron chi connectivity index (χ2n) is 6.89. The Morgan fingerprint density at radius 3 is 1.62 bits per heavy atom. The summed E-state index contributed by atoms with van der Waals surface area (Å²) in [5.41, 5.74) is 0. The van der Waals surface area contributed by atoms with Gasteiger partial charge in [0.1, 0.15) is 55.4 Å². The van der Waals surface area contributed by atoms with Gasteiger partial charge in [-0.25, -0.2) is 0 Å². The highest BCUT2D eigenvalue weighted by Crippen LogP contribution is 2.35. The van der Waals surface area contributed by atoms with Crippen molar-refractivity contribution >= 4 is 0 Å². The summed E-state index contributed by atoms with van der Waals surface area (Å²) in [6.07, 6.45) is -13.6. The maximum Gasteiger partial charge on any atom is 0.224 e. The van der Waals surface area contributed by atoms with Crippen LogP contribution in [0.2, 0.25) is 0 Å². The second-order valence-corrected chi connectivity index (χ2v) is 6.89. The van der Waals surface area contributed by atoms with Crippen LogP contribution in [0.5, 0.6) is 0 Å². The second kappa shape index (κ2) is 15.3. The number of rotatable bonds is 7. The lowest BCUT2D eigenvalue weighted by atomic mass is 9.99. The van der Waals surface area contributed by atoms with Gasteiger partial charge in [-0.3, -0.25) is 0 Å². The van der Waals surface area contributed by atoms with Crippen LogP contribution in [0.25, 0.3) is 0 Å². The van der Waals surface area contributed by atoms with Gasteiger partial charge in [0.25, 0.3) is 0 Å². The zero-order chi connectivity index (χ0) is 25.1. The maximum absolute atomic E-state index is 10.00. The fourth-order valence-electron chi connectivity index (χ4n) is 2.69. The largest absolute Gasteiger partial charge is 0.397 e. The van der Waals surface area contributed by atoms with Crippen LogP contribution in [0.15, 0.2) is 0 Å². The summed E-state index contributed by atoms with van der Waals surface area (Å²) < 4.78 is 15.4. The van der Waals surface area contributed by atoms with Crippen LogP contribution in [0.3, 0.4) is 0 Å². The topological polar surface area (TPSA) is 270 Å². The molecule has 0 unspecified atom stereocenters. The summed E-state index contributed by atoms with van der Waals surface area (Å²) in [6, 6.07) is 0. The van der Waals surface area contributed by atoms with Gasteiger partial charge >= 0.3 is 0 Å². The molecule has 15 nitrogen and oxygen atoms in total. The molecule has 2 fully saturated rings. The Labute approximate surface area is 183 Å². The molecule has 0 spiro atoms. The first-order valence-corrected chi connectivity index (χ1v) is 9.78. The Hall–Kier alpha value is -0.600. The van der Waals surface area contributed by atoms with Crippen molar-refractivity contribution in [3.05, 3.63) is 0 Å². The number of hydrogen-bond donors (Lipinski definition) is 12. The SMILES string of the molecule is CCO.OCC(O)CO.OC[C@H]1O[C@@](CO)(O[C@H]2O[C@H](CO)[C@@H](O)[C@H](O)[C@H]2O)[C@@H](O)[C@@H]1O. The normalized spacial score (nSPS) is 39.2. The quantitative estimate of drug-likeness (QED) is 0.161. The van der Waals surface area contributed by atoms with E-state index in [1.807, 2.05) is 0 Å². The molecule has 2 saturated heterocycles. The molecule has 0 saturated carbocycles. The molecule has 2 aliphatic heterocycles. The maximum atomic E-state index is 10.00. The fourth-order valence-corrected chi connectivity index (χ4v) is 2.69. The van der Waals surface area contributed by atoms with Gasteiger partial charge in [0.15, 0.2) is 6.29 Å². The third kappa shape index (κ3) is 8.01. The van der Waals surface area contributed by atoms with Gasteiger partial charge in [0.2, 0.25) is 5.79 Å². The van der Waals surface area contributed by atoms with Crippen molar-refractivity contribution in [3.8, 4) is 0 Å². The van der Waals surface area contributed by atoms with Gasteiger partial charge in [0, 0.05) is 6.61 Å². The molecule has 194 valence electrons. The molecule has 0 aromatic heterocycles. The molecule has 2 rings (SSSR count). The zero-order valence-electron chi connectivity index (χ0n) is 17.5. The van der Waals surface area contributed by atoms with E-state index in [2.05, 4.69) is 0 Å². The molecule has 15 heteroatoms. The monoisotopic (exact) mass is 480 g/mol. The van der Waals surface area contributed by atoms with E-state index in [1.165, 1.54) is 0 Å². The number of ether oxygens (including phenoxy) is 3. The van der Waals surface area contributed by atoms with Crippen molar-refractivity contribution in [2.24, 2.45) is 0 Å². The summed E-state index contributed by atoms with van der Waals surface area (Å²) in [6.45, 7) is -1.12. The Kier molecular flexibility index (Phi) is 15.0. The fraction of sp³-hybridized carbons (Fsp3) is 1.00. The highest BCUT2D eigenvalue weighted by atomic mass is 16.8. The molecule has 9 atom stereocenters. The third-order valence-corrected chi connectivity index (χ3v) is 4.49. The highest BCUT2D eigenvalue weighted by molar-refractivity contribution is 4.98. The number of hydrogen-bond acceptors (Lipinski definition) is 15. The predicted octanol–water partition coefficient (Wildman–Crippen LogP) is -7.07. The van der Waals surface area contributed by atoms with E-state index in [0.717, 1.165) is 0 Å². The van der Waals surface area contributed by atoms with Gasteiger partial charge in [-0.05, 0) is 6.92 Å². The Morgan fingerprint density at radius 2 is 1.28 bits per heavy atom. The number of aliphatic hydroxyl groups excluding tert-OH is 12. The predicted molar refractivity (Wildman–Crippen MR) is 102 cm³/mol. The van der Waals surface area contributed by atoms with Crippen molar-refractivity contribution in [1.29, 1.82) is 0 Å². The lowest BCUT2D eigenvalue weighted by Crippen LogP contribution is -2.62. The van der Waals surface area contributed by atoms with Gasteiger partial charge in [-0.1, -0.05) is 0 Å². The van der Waals surface area contributed by atoms with E-state index in [4.69, 9.17) is 44.8 Å². The molecule has 2 aliphatic rings. The Balaban J connectivity index is 0.000000908. The summed E-state index contributed by atoms with van der Waals surface area (Å²) in [4.78, 5) is 0.